The van der Waals surface area contributed by atoms with Crippen LogP contribution in [0.1, 0.15) is 181 Å². The Morgan fingerprint density at radius 1 is 0.511 bits per heavy atom. The Bertz CT molecular complexity index is 841. The summed E-state index contributed by atoms with van der Waals surface area (Å²) in [6.07, 6.45) is 52.6. The fourth-order valence-electron chi connectivity index (χ4n) is 8.40. The van der Waals surface area contributed by atoms with Gasteiger partial charge in [0.1, 0.15) is 0 Å². The monoisotopic (exact) mass is 652 g/mol. The smallest absolute Gasteiger partial charge is 0.169 e. The van der Waals surface area contributed by atoms with Gasteiger partial charge in [-0.1, -0.05) is 140 Å². The molecule has 2 bridgehead atoms. The molecule has 0 N–H and O–H groups in total. The minimum atomic E-state index is -0.307. The quantitative estimate of drug-likeness (QED) is 0.0593. The summed E-state index contributed by atoms with van der Waals surface area (Å²) >= 11 is 0. The fourth-order valence-corrected chi connectivity index (χ4v) is 8.40. The number of hydrogen-bond donors (Lipinski definition) is 0. The van der Waals surface area contributed by atoms with Gasteiger partial charge >= 0.3 is 0 Å². The summed E-state index contributed by atoms with van der Waals surface area (Å²) in [7, 11) is 4.52. The fraction of sp³-hybridized carbons (Fsp3) is 0.818. The summed E-state index contributed by atoms with van der Waals surface area (Å²) in [5, 5.41) is 0. The molecule has 3 fully saturated rings. The zero-order valence-corrected chi connectivity index (χ0v) is 31.7. The third kappa shape index (κ3) is 15.5. The lowest BCUT2D eigenvalue weighted by molar-refractivity contribution is -0.196. The molecule has 2 saturated carbocycles. The molecule has 3 aliphatic rings. The van der Waals surface area contributed by atoms with Gasteiger partial charge in [-0.2, -0.15) is 0 Å². The van der Waals surface area contributed by atoms with Gasteiger partial charge in [0.25, 0.3) is 0 Å². The van der Waals surface area contributed by atoms with Gasteiger partial charge in [-0.25, -0.2) is 0 Å². The Kier molecular flexibility index (Phi) is 21.3. The van der Waals surface area contributed by atoms with Gasteiger partial charge in [0.2, 0.25) is 0 Å². The van der Waals surface area contributed by atoms with Crippen molar-refractivity contribution < 1.29 is 9.47 Å². The first-order chi connectivity index (χ1) is 23.1. The maximum atomic E-state index is 7.05. The van der Waals surface area contributed by atoms with Crippen LogP contribution in [0.15, 0.2) is 48.6 Å². The van der Waals surface area contributed by atoms with Crippen LogP contribution in [0, 0.1) is 11.8 Å². The highest BCUT2D eigenvalue weighted by Crippen LogP contribution is 2.55. The Morgan fingerprint density at radius 3 is 1.40 bits per heavy atom. The van der Waals surface area contributed by atoms with E-state index in [1.807, 2.05) is 0 Å². The molecule has 47 heavy (non-hydrogen) atoms. The Balaban J connectivity index is 1.29. The molecule has 1 heterocycles. The second-order valence-corrected chi connectivity index (χ2v) is 15.5. The topological polar surface area (TPSA) is 21.7 Å². The Labute approximate surface area is 293 Å². The maximum absolute atomic E-state index is 7.05. The SMILES string of the molecule is CCCC/C=C\C/C=C\CCCCCCCCC1(CCCCCCCC/C=C\C/C=C\CCCC)O[C@@H]2C3CC([C@H]2O1)[C@H](N(C)C)C3. The molecule has 2 unspecified atom stereocenters. The molecule has 270 valence electrons. The second kappa shape index (κ2) is 24.9. The van der Waals surface area contributed by atoms with Crippen molar-refractivity contribution in [2.75, 3.05) is 14.1 Å². The van der Waals surface area contributed by atoms with Crippen LogP contribution in [0.4, 0.5) is 0 Å². The predicted octanol–water partition coefficient (Wildman–Crippen LogP) is 13.1. The van der Waals surface area contributed by atoms with E-state index in [0.29, 0.717) is 30.1 Å². The lowest BCUT2D eigenvalue weighted by atomic mass is 9.90. The maximum Gasteiger partial charge on any atom is 0.169 e. The first-order valence-corrected chi connectivity index (χ1v) is 20.7. The zero-order valence-electron chi connectivity index (χ0n) is 31.7. The molecule has 5 atom stereocenters. The van der Waals surface area contributed by atoms with Crippen LogP contribution in [0.25, 0.3) is 0 Å². The molecule has 0 amide bonds. The normalized spacial score (nSPS) is 25.3. The summed E-state index contributed by atoms with van der Waals surface area (Å²) in [4.78, 5) is 2.45. The average Bonchev–Trinajstić information content (AvgIpc) is 3.76. The van der Waals surface area contributed by atoms with Crippen molar-refractivity contribution >= 4 is 0 Å². The van der Waals surface area contributed by atoms with Crippen LogP contribution in [-0.4, -0.2) is 43.0 Å². The van der Waals surface area contributed by atoms with E-state index in [4.69, 9.17) is 9.47 Å². The minimum absolute atomic E-state index is 0.307. The summed E-state index contributed by atoms with van der Waals surface area (Å²) in [6.45, 7) is 4.52. The zero-order chi connectivity index (χ0) is 33.4. The van der Waals surface area contributed by atoms with Crippen molar-refractivity contribution in [1.82, 2.24) is 4.90 Å². The van der Waals surface area contributed by atoms with Gasteiger partial charge in [-0.15, -0.1) is 0 Å². The van der Waals surface area contributed by atoms with E-state index in [1.54, 1.807) is 0 Å². The van der Waals surface area contributed by atoms with Gasteiger partial charge in [0.15, 0.2) is 5.79 Å². The molecule has 1 aliphatic heterocycles. The van der Waals surface area contributed by atoms with Crippen molar-refractivity contribution in [3.63, 3.8) is 0 Å². The number of hydrogen-bond acceptors (Lipinski definition) is 3. The van der Waals surface area contributed by atoms with Crippen molar-refractivity contribution in [3.05, 3.63) is 48.6 Å². The molecule has 2 aliphatic carbocycles. The molecule has 0 aromatic rings. The predicted molar refractivity (Wildman–Crippen MR) is 205 cm³/mol. The van der Waals surface area contributed by atoms with Crippen molar-refractivity contribution in [3.8, 4) is 0 Å². The first kappa shape index (κ1) is 40.3. The van der Waals surface area contributed by atoms with E-state index >= 15 is 0 Å². The second-order valence-electron chi connectivity index (χ2n) is 15.5. The van der Waals surface area contributed by atoms with E-state index < -0.39 is 0 Å². The number of allylic oxidation sites excluding steroid dienone is 8. The standard InChI is InChI=1S/C44H77NO2/c1-5-7-9-11-13-15-17-19-21-23-25-27-29-31-33-35-44(46-42-39-37-40(43(42)47-44)41(38-39)45(3)4)36-34-32-30-28-26-24-22-20-18-16-14-12-10-8-6-2/h11-14,17-20,39-43H,5-10,15-16,21-38H2,1-4H3/b13-11-,14-12-,19-17-,20-18-/t39?,40?,41-,42-,43-/m1/s1. The van der Waals surface area contributed by atoms with Crippen molar-refractivity contribution in [1.29, 1.82) is 0 Å². The van der Waals surface area contributed by atoms with Crippen LogP contribution in [0.3, 0.4) is 0 Å². The Morgan fingerprint density at radius 2 is 0.936 bits per heavy atom. The number of rotatable bonds is 29. The number of ether oxygens (including phenoxy) is 2. The highest BCUT2D eigenvalue weighted by atomic mass is 16.8. The van der Waals surface area contributed by atoms with Gasteiger partial charge in [0, 0.05) is 24.8 Å². The van der Waals surface area contributed by atoms with Crippen molar-refractivity contribution in [2.45, 2.75) is 205 Å². The van der Waals surface area contributed by atoms with Crippen LogP contribution in [0.2, 0.25) is 0 Å². The molecular formula is C44H77NO2. The molecule has 0 spiro atoms. The van der Waals surface area contributed by atoms with Gasteiger partial charge in [0.05, 0.1) is 12.2 Å². The van der Waals surface area contributed by atoms with Crippen LogP contribution < -0.4 is 0 Å². The molecule has 0 aromatic heterocycles. The third-order valence-corrected chi connectivity index (χ3v) is 11.2. The number of unbranched alkanes of at least 4 members (excludes halogenated alkanes) is 16. The Hall–Kier alpha value is -1.16. The third-order valence-electron chi connectivity index (χ3n) is 11.2. The molecule has 3 nitrogen and oxygen atoms in total. The molecule has 0 radical (unpaired) electrons. The highest BCUT2D eigenvalue weighted by Gasteiger charge is 2.62. The number of nitrogens with zero attached hydrogens (tertiary/aromatic N) is 1. The molecule has 3 heteroatoms. The first-order valence-electron chi connectivity index (χ1n) is 20.7. The van der Waals surface area contributed by atoms with E-state index in [-0.39, 0.29) is 5.79 Å². The highest BCUT2D eigenvalue weighted by molar-refractivity contribution is 5.09. The van der Waals surface area contributed by atoms with E-state index in [0.717, 1.165) is 25.7 Å². The summed E-state index contributed by atoms with van der Waals surface area (Å²) < 4.78 is 14.1. The summed E-state index contributed by atoms with van der Waals surface area (Å²) in [6, 6.07) is 0.676. The van der Waals surface area contributed by atoms with E-state index in [2.05, 4.69) is 81.5 Å². The van der Waals surface area contributed by atoms with Gasteiger partial charge in [-0.05, 0) is 97.1 Å². The van der Waals surface area contributed by atoms with E-state index in [1.165, 1.54) is 141 Å². The lowest BCUT2D eigenvalue weighted by Crippen LogP contribution is -2.43. The van der Waals surface area contributed by atoms with Crippen molar-refractivity contribution in [2.24, 2.45) is 11.8 Å². The molecular weight excluding hydrogens is 574 g/mol. The molecule has 0 aromatic carbocycles. The largest absolute Gasteiger partial charge is 0.344 e. The van der Waals surface area contributed by atoms with Crippen LogP contribution in [0.5, 0.6) is 0 Å². The molecule has 1 saturated heterocycles. The van der Waals surface area contributed by atoms with Crippen LogP contribution in [-0.2, 0) is 9.47 Å². The van der Waals surface area contributed by atoms with Crippen LogP contribution >= 0.6 is 0 Å². The number of fused-ring (bicyclic) bond motifs is 5. The minimum Gasteiger partial charge on any atom is -0.344 e. The van der Waals surface area contributed by atoms with Gasteiger partial charge < -0.3 is 14.4 Å². The van der Waals surface area contributed by atoms with Gasteiger partial charge in [-0.3, -0.25) is 0 Å². The summed E-state index contributed by atoms with van der Waals surface area (Å²) in [5.74, 6) is 1.06. The van der Waals surface area contributed by atoms with E-state index in [9.17, 15) is 0 Å². The summed E-state index contributed by atoms with van der Waals surface area (Å²) in [5.41, 5.74) is 0. The lowest BCUT2D eigenvalue weighted by Gasteiger charge is -2.33. The molecule has 3 rings (SSSR count). The average molecular weight is 652 g/mol.